The molecule has 1 atom stereocenters. The standard InChI is InChI=1S/C26H19BrClNO4/c1-14-21-9-5-16(15-3-7-20(28)8-4-15)11-22(21)33-23(14)24(30)29-26(25(31)32)12-17-2-6-19(27)10-18(17)13-26/h2-11H,12-13H2,1H3,(H,29,30)(H,31,32). The van der Waals surface area contributed by atoms with Crippen LogP contribution >= 0.6 is 27.5 Å². The minimum atomic E-state index is -1.42. The molecule has 0 spiro atoms. The van der Waals surface area contributed by atoms with Crippen molar-refractivity contribution in [3.8, 4) is 11.1 Å². The smallest absolute Gasteiger partial charge is 0.330 e. The monoisotopic (exact) mass is 523 g/mol. The topological polar surface area (TPSA) is 79.5 Å². The Morgan fingerprint density at radius 1 is 1.00 bits per heavy atom. The Hall–Kier alpha value is -3.09. The molecule has 0 radical (unpaired) electrons. The summed E-state index contributed by atoms with van der Waals surface area (Å²) in [6.45, 7) is 1.80. The number of nitrogens with one attached hydrogen (secondary N) is 1. The summed E-state index contributed by atoms with van der Waals surface area (Å²) in [4.78, 5) is 25.5. The van der Waals surface area contributed by atoms with Gasteiger partial charge in [0.1, 0.15) is 11.1 Å². The number of rotatable bonds is 4. The summed E-state index contributed by atoms with van der Waals surface area (Å²) in [5.74, 6) is -1.48. The van der Waals surface area contributed by atoms with Crippen molar-refractivity contribution in [1.82, 2.24) is 5.32 Å². The fraction of sp³-hybridized carbons (Fsp3) is 0.154. The molecule has 33 heavy (non-hydrogen) atoms. The third-order valence-corrected chi connectivity index (χ3v) is 6.98. The Bertz CT molecular complexity index is 1430. The largest absolute Gasteiger partial charge is 0.479 e. The minimum absolute atomic E-state index is 0.121. The Labute approximate surface area is 203 Å². The van der Waals surface area contributed by atoms with Crippen molar-refractivity contribution in [1.29, 1.82) is 0 Å². The first-order valence-electron chi connectivity index (χ1n) is 10.4. The second-order valence-corrected chi connectivity index (χ2v) is 9.73. The first-order chi connectivity index (χ1) is 15.8. The van der Waals surface area contributed by atoms with Crippen LogP contribution in [0.4, 0.5) is 0 Å². The molecule has 0 aliphatic heterocycles. The molecule has 5 nitrogen and oxygen atoms in total. The van der Waals surface area contributed by atoms with Crippen molar-refractivity contribution in [3.05, 3.63) is 92.6 Å². The molecule has 0 saturated heterocycles. The Kier molecular flexibility index (Phi) is 5.30. The molecule has 2 N–H and O–H groups in total. The van der Waals surface area contributed by atoms with Crippen LogP contribution < -0.4 is 5.32 Å². The van der Waals surface area contributed by atoms with Crippen molar-refractivity contribution >= 4 is 50.4 Å². The summed E-state index contributed by atoms with van der Waals surface area (Å²) < 4.78 is 6.81. The molecule has 1 amide bonds. The van der Waals surface area contributed by atoms with E-state index in [4.69, 9.17) is 16.0 Å². The number of carboxylic acid groups (broad SMARTS) is 1. The first kappa shape index (κ1) is 21.7. The molecule has 1 aromatic heterocycles. The highest BCUT2D eigenvalue weighted by Gasteiger charge is 2.46. The van der Waals surface area contributed by atoms with E-state index in [2.05, 4.69) is 21.2 Å². The van der Waals surface area contributed by atoms with Crippen LogP contribution in [0, 0.1) is 6.92 Å². The number of aliphatic carboxylic acids is 1. The van der Waals surface area contributed by atoms with Crippen molar-refractivity contribution in [2.75, 3.05) is 0 Å². The molecule has 0 saturated carbocycles. The van der Waals surface area contributed by atoms with Gasteiger partial charge in [0.15, 0.2) is 5.76 Å². The fourth-order valence-electron chi connectivity index (χ4n) is 4.48. The number of aryl methyl sites for hydroxylation is 1. The predicted octanol–water partition coefficient (Wildman–Crippen LogP) is 6.18. The predicted molar refractivity (Wildman–Crippen MR) is 131 cm³/mol. The van der Waals surface area contributed by atoms with Crippen LogP contribution in [0.5, 0.6) is 0 Å². The van der Waals surface area contributed by atoms with E-state index >= 15 is 0 Å². The number of benzene rings is 3. The van der Waals surface area contributed by atoms with Crippen molar-refractivity contribution in [2.24, 2.45) is 0 Å². The summed E-state index contributed by atoms with van der Waals surface area (Å²) in [5, 5.41) is 14.3. The van der Waals surface area contributed by atoms with Gasteiger partial charge in [0, 0.05) is 33.3 Å². The summed E-state index contributed by atoms with van der Waals surface area (Å²) in [6, 6.07) is 18.9. The Balaban J connectivity index is 1.47. The molecule has 0 bridgehead atoms. The van der Waals surface area contributed by atoms with Gasteiger partial charge in [-0.25, -0.2) is 4.79 Å². The van der Waals surface area contributed by atoms with Gasteiger partial charge in [-0.05, 0) is 59.5 Å². The van der Waals surface area contributed by atoms with Gasteiger partial charge >= 0.3 is 5.97 Å². The Morgan fingerprint density at radius 3 is 2.42 bits per heavy atom. The number of amides is 1. The third-order valence-electron chi connectivity index (χ3n) is 6.24. The van der Waals surface area contributed by atoms with Crippen molar-refractivity contribution < 1.29 is 19.1 Å². The lowest BCUT2D eigenvalue weighted by Crippen LogP contribution is -2.55. The van der Waals surface area contributed by atoms with E-state index in [1.54, 1.807) is 6.92 Å². The average molecular weight is 525 g/mol. The lowest BCUT2D eigenvalue weighted by Gasteiger charge is -2.25. The molecule has 4 aromatic rings. The molecule has 0 fully saturated rings. The van der Waals surface area contributed by atoms with E-state index in [-0.39, 0.29) is 18.6 Å². The molecular formula is C26H19BrClNO4. The van der Waals surface area contributed by atoms with Crippen molar-refractivity contribution in [3.63, 3.8) is 0 Å². The lowest BCUT2D eigenvalue weighted by atomic mass is 9.95. The summed E-state index contributed by atoms with van der Waals surface area (Å²) in [5.41, 5.74) is 3.53. The van der Waals surface area contributed by atoms with E-state index in [0.717, 1.165) is 32.1 Å². The van der Waals surface area contributed by atoms with E-state index in [1.165, 1.54) is 0 Å². The zero-order valence-electron chi connectivity index (χ0n) is 17.6. The maximum Gasteiger partial charge on any atom is 0.330 e. The van der Waals surface area contributed by atoms with Gasteiger partial charge in [0.05, 0.1) is 0 Å². The van der Waals surface area contributed by atoms with Gasteiger partial charge in [-0.15, -0.1) is 0 Å². The number of carbonyl (C=O) groups is 2. The van der Waals surface area contributed by atoms with Crippen LogP contribution in [0.1, 0.15) is 27.2 Å². The maximum atomic E-state index is 13.2. The van der Waals surface area contributed by atoms with Crippen LogP contribution in [0.3, 0.4) is 0 Å². The summed E-state index contributed by atoms with van der Waals surface area (Å²) >= 11 is 9.41. The number of fused-ring (bicyclic) bond motifs is 2. The van der Waals surface area contributed by atoms with Crippen molar-refractivity contribution in [2.45, 2.75) is 25.3 Å². The van der Waals surface area contributed by atoms with E-state index in [9.17, 15) is 14.7 Å². The molecule has 166 valence electrons. The average Bonchev–Trinajstić information content (AvgIpc) is 3.32. The van der Waals surface area contributed by atoms with Gasteiger partial charge in [-0.3, -0.25) is 4.79 Å². The van der Waals surface area contributed by atoms with Gasteiger partial charge in [0.25, 0.3) is 5.91 Å². The second-order valence-electron chi connectivity index (χ2n) is 8.38. The minimum Gasteiger partial charge on any atom is -0.479 e. The SMILES string of the molecule is Cc1c(C(=O)NC2(C(=O)O)Cc3ccc(Br)cc3C2)oc2cc(-c3ccc(Cl)cc3)ccc12. The Morgan fingerprint density at radius 2 is 1.70 bits per heavy atom. The third kappa shape index (κ3) is 3.83. The molecule has 5 rings (SSSR count). The highest BCUT2D eigenvalue weighted by molar-refractivity contribution is 9.10. The van der Waals surface area contributed by atoms with E-state index in [0.29, 0.717) is 16.2 Å². The van der Waals surface area contributed by atoms with Crippen LogP contribution in [0.25, 0.3) is 22.1 Å². The van der Waals surface area contributed by atoms with E-state index in [1.807, 2.05) is 60.7 Å². The zero-order valence-corrected chi connectivity index (χ0v) is 20.0. The molecule has 1 aliphatic rings. The van der Waals surface area contributed by atoms with Crippen LogP contribution in [-0.4, -0.2) is 22.5 Å². The van der Waals surface area contributed by atoms with Gasteiger partial charge in [-0.2, -0.15) is 0 Å². The number of carboxylic acids is 1. The van der Waals surface area contributed by atoms with Crippen LogP contribution in [0.2, 0.25) is 5.02 Å². The van der Waals surface area contributed by atoms with Crippen LogP contribution in [-0.2, 0) is 17.6 Å². The van der Waals surface area contributed by atoms with Crippen LogP contribution in [0.15, 0.2) is 69.6 Å². The fourth-order valence-corrected chi connectivity index (χ4v) is 5.01. The van der Waals surface area contributed by atoms with E-state index < -0.39 is 17.4 Å². The van der Waals surface area contributed by atoms with Gasteiger partial charge < -0.3 is 14.8 Å². The van der Waals surface area contributed by atoms with Gasteiger partial charge in [0.2, 0.25) is 0 Å². The molecule has 7 heteroatoms. The quantitative estimate of drug-likeness (QED) is 0.334. The summed E-state index contributed by atoms with van der Waals surface area (Å²) in [7, 11) is 0. The van der Waals surface area contributed by atoms with Gasteiger partial charge in [-0.1, -0.05) is 57.9 Å². The first-order valence-corrected chi connectivity index (χ1v) is 11.6. The number of halogens is 2. The second kappa shape index (κ2) is 8.04. The summed E-state index contributed by atoms with van der Waals surface area (Å²) in [6.07, 6.45) is 0.430. The lowest BCUT2D eigenvalue weighted by molar-refractivity contribution is -0.144. The number of carbonyl (C=O) groups excluding carboxylic acids is 1. The number of hydrogen-bond acceptors (Lipinski definition) is 3. The molecule has 1 aliphatic carbocycles. The number of hydrogen-bond donors (Lipinski definition) is 2. The number of furan rings is 1. The molecule has 1 heterocycles. The zero-order chi connectivity index (χ0) is 23.3. The highest BCUT2D eigenvalue weighted by atomic mass is 79.9. The maximum absolute atomic E-state index is 13.2. The molecule has 3 aromatic carbocycles. The highest BCUT2D eigenvalue weighted by Crippen LogP contribution is 2.34. The molecular weight excluding hydrogens is 506 g/mol. The molecule has 1 unspecified atom stereocenters. The normalized spacial score (nSPS) is 17.2.